The lowest BCUT2D eigenvalue weighted by atomic mass is 10.0. The number of aromatic amines is 2. The first-order valence-corrected chi connectivity index (χ1v) is 9.47. The van der Waals surface area contributed by atoms with Crippen molar-refractivity contribution in [3.05, 3.63) is 58.6 Å². The molecule has 2 aromatic heterocycles. The van der Waals surface area contributed by atoms with Gasteiger partial charge in [0.05, 0.1) is 27.6 Å². The second-order valence-electron chi connectivity index (χ2n) is 7.16. The first kappa shape index (κ1) is 16.9. The number of aromatic nitrogens is 3. The maximum Gasteiger partial charge on any atom is 0.261 e. The molecule has 4 N–H and O–H groups in total. The average molecular weight is 377 g/mol. The summed E-state index contributed by atoms with van der Waals surface area (Å²) in [4.78, 5) is 23.6. The highest BCUT2D eigenvalue weighted by molar-refractivity contribution is 5.99. The molecule has 5 rings (SSSR count). The van der Waals surface area contributed by atoms with Gasteiger partial charge in [-0.25, -0.2) is 9.37 Å². The van der Waals surface area contributed by atoms with Crippen LogP contribution in [0.5, 0.6) is 0 Å². The van der Waals surface area contributed by atoms with E-state index in [0.717, 1.165) is 37.0 Å². The predicted molar refractivity (Wildman–Crippen MR) is 109 cm³/mol. The number of pyridine rings is 1. The van der Waals surface area contributed by atoms with Gasteiger partial charge in [-0.3, -0.25) is 4.79 Å². The third-order valence-corrected chi connectivity index (χ3v) is 5.26. The molecule has 2 aromatic carbocycles. The molecule has 1 unspecified atom stereocenters. The molecule has 4 aromatic rings. The summed E-state index contributed by atoms with van der Waals surface area (Å²) in [6, 6.07) is 12.4. The van der Waals surface area contributed by atoms with Gasteiger partial charge in [0.1, 0.15) is 17.2 Å². The number of piperidine rings is 1. The second-order valence-corrected chi connectivity index (χ2v) is 7.16. The number of imidazole rings is 1. The summed E-state index contributed by atoms with van der Waals surface area (Å²) in [5.41, 5.74) is 2.58. The molecular formula is C21H20FN5O. The van der Waals surface area contributed by atoms with Crippen molar-refractivity contribution in [3.63, 3.8) is 0 Å². The van der Waals surface area contributed by atoms with Crippen LogP contribution in [0.15, 0.2) is 47.3 Å². The van der Waals surface area contributed by atoms with Gasteiger partial charge in [-0.1, -0.05) is 18.2 Å². The van der Waals surface area contributed by atoms with E-state index in [1.54, 1.807) is 12.1 Å². The lowest BCUT2D eigenvalue weighted by molar-refractivity contribution is 0.480. The fourth-order valence-electron chi connectivity index (χ4n) is 3.93. The average Bonchev–Trinajstić information content (AvgIpc) is 3.12. The molecule has 7 heteroatoms. The Labute approximate surface area is 160 Å². The Hall–Kier alpha value is -3.19. The maximum atomic E-state index is 14.8. The van der Waals surface area contributed by atoms with Crippen LogP contribution in [0.25, 0.3) is 33.3 Å². The van der Waals surface area contributed by atoms with Crippen LogP contribution in [0.1, 0.15) is 12.8 Å². The summed E-state index contributed by atoms with van der Waals surface area (Å²) in [7, 11) is 0. The van der Waals surface area contributed by atoms with Gasteiger partial charge in [0.15, 0.2) is 0 Å². The number of anilines is 1. The van der Waals surface area contributed by atoms with Crippen molar-refractivity contribution in [2.75, 3.05) is 18.4 Å². The summed E-state index contributed by atoms with van der Waals surface area (Å²) in [6.07, 6.45) is 1.98. The molecule has 0 bridgehead atoms. The van der Waals surface area contributed by atoms with Gasteiger partial charge in [-0.15, -0.1) is 0 Å². The lowest BCUT2D eigenvalue weighted by Crippen LogP contribution is -2.39. The standard InChI is InChI=1S/C21H20FN5O/c22-13-6-3-9-16-17(13)19(24-12-5-4-10-23-11-12)18(21(28)27-16)20-25-14-7-1-2-8-15(14)26-20/h1-3,6-9,12,23H,4-5,10-11H2,(H,25,26)(H2,24,27,28). The van der Waals surface area contributed by atoms with E-state index >= 15 is 0 Å². The molecule has 0 radical (unpaired) electrons. The monoisotopic (exact) mass is 377 g/mol. The van der Waals surface area contributed by atoms with Gasteiger partial charge in [0.2, 0.25) is 0 Å². The largest absolute Gasteiger partial charge is 0.380 e. The Morgan fingerprint density at radius 3 is 2.75 bits per heavy atom. The number of fused-ring (bicyclic) bond motifs is 2. The van der Waals surface area contributed by atoms with E-state index in [1.807, 2.05) is 24.3 Å². The third kappa shape index (κ3) is 2.84. The zero-order valence-corrected chi connectivity index (χ0v) is 15.2. The fourth-order valence-corrected chi connectivity index (χ4v) is 3.93. The van der Waals surface area contributed by atoms with Gasteiger partial charge in [-0.2, -0.15) is 0 Å². The third-order valence-electron chi connectivity index (χ3n) is 5.26. The van der Waals surface area contributed by atoms with Crippen LogP contribution in [0, 0.1) is 5.82 Å². The van der Waals surface area contributed by atoms with Gasteiger partial charge in [0.25, 0.3) is 5.56 Å². The molecule has 1 aliphatic heterocycles. The van der Waals surface area contributed by atoms with Crippen LogP contribution < -0.4 is 16.2 Å². The molecule has 1 atom stereocenters. The van der Waals surface area contributed by atoms with Crippen molar-refractivity contribution < 1.29 is 4.39 Å². The molecule has 1 fully saturated rings. The molecule has 1 saturated heterocycles. The molecule has 28 heavy (non-hydrogen) atoms. The van der Waals surface area contributed by atoms with Crippen molar-refractivity contribution in [2.24, 2.45) is 0 Å². The minimum atomic E-state index is -0.377. The minimum absolute atomic E-state index is 0.112. The number of nitrogens with zero attached hydrogens (tertiary/aromatic N) is 1. The highest BCUT2D eigenvalue weighted by atomic mass is 19.1. The molecular weight excluding hydrogens is 357 g/mol. The number of rotatable bonds is 3. The van der Waals surface area contributed by atoms with Crippen molar-refractivity contribution >= 4 is 27.6 Å². The van der Waals surface area contributed by atoms with E-state index in [0.29, 0.717) is 28.0 Å². The molecule has 3 heterocycles. The first-order valence-electron chi connectivity index (χ1n) is 9.47. The smallest absolute Gasteiger partial charge is 0.261 e. The van der Waals surface area contributed by atoms with Crippen LogP contribution in [0.4, 0.5) is 10.1 Å². The Balaban J connectivity index is 1.76. The number of hydrogen-bond acceptors (Lipinski definition) is 4. The van der Waals surface area contributed by atoms with E-state index < -0.39 is 0 Å². The van der Waals surface area contributed by atoms with Gasteiger partial charge >= 0.3 is 0 Å². The van der Waals surface area contributed by atoms with Gasteiger partial charge in [-0.05, 0) is 43.7 Å². The van der Waals surface area contributed by atoms with Crippen molar-refractivity contribution in [1.29, 1.82) is 0 Å². The van der Waals surface area contributed by atoms with Crippen LogP contribution >= 0.6 is 0 Å². The SMILES string of the molecule is O=c1[nH]c2cccc(F)c2c(NC2CCCNC2)c1-c1nc2ccccc2[nH]1. The number of para-hydroxylation sites is 2. The summed E-state index contributed by atoms with van der Waals surface area (Å²) >= 11 is 0. The summed E-state index contributed by atoms with van der Waals surface area (Å²) < 4.78 is 14.8. The topological polar surface area (TPSA) is 85.6 Å². The molecule has 1 aliphatic rings. The first-order chi connectivity index (χ1) is 13.7. The number of halogens is 1. The van der Waals surface area contributed by atoms with Crippen LogP contribution in [-0.4, -0.2) is 34.1 Å². The molecule has 142 valence electrons. The number of benzene rings is 2. The van der Waals surface area contributed by atoms with E-state index in [-0.39, 0.29) is 17.4 Å². The van der Waals surface area contributed by atoms with Crippen LogP contribution in [0.2, 0.25) is 0 Å². The highest BCUT2D eigenvalue weighted by Gasteiger charge is 2.23. The number of hydrogen-bond donors (Lipinski definition) is 4. The minimum Gasteiger partial charge on any atom is -0.380 e. The second kappa shape index (κ2) is 6.76. The summed E-state index contributed by atoms with van der Waals surface area (Å²) in [5.74, 6) is 0.0521. The van der Waals surface area contributed by atoms with Crippen LogP contribution in [-0.2, 0) is 0 Å². The zero-order chi connectivity index (χ0) is 19.1. The van der Waals surface area contributed by atoms with Crippen molar-refractivity contribution in [1.82, 2.24) is 20.3 Å². The normalized spacial score (nSPS) is 17.2. The molecule has 0 spiro atoms. The quantitative estimate of drug-likeness (QED) is 0.441. The Morgan fingerprint density at radius 2 is 1.93 bits per heavy atom. The fraction of sp³-hybridized carbons (Fsp3) is 0.238. The highest BCUT2D eigenvalue weighted by Crippen LogP contribution is 2.33. The van der Waals surface area contributed by atoms with Crippen LogP contribution in [0.3, 0.4) is 0 Å². The molecule has 0 aliphatic carbocycles. The number of H-pyrrole nitrogens is 2. The summed E-state index contributed by atoms with van der Waals surface area (Å²) in [5, 5.41) is 7.16. The predicted octanol–water partition coefficient (Wildman–Crippen LogP) is 3.37. The Kier molecular flexibility index (Phi) is 4.09. The molecule has 6 nitrogen and oxygen atoms in total. The van der Waals surface area contributed by atoms with E-state index in [1.165, 1.54) is 6.07 Å². The van der Waals surface area contributed by atoms with E-state index in [9.17, 15) is 9.18 Å². The molecule has 0 amide bonds. The van der Waals surface area contributed by atoms with E-state index in [2.05, 4.69) is 25.6 Å². The Morgan fingerprint density at radius 1 is 1.07 bits per heavy atom. The van der Waals surface area contributed by atoms with Gasteiger partial charge in [0, 0.05) is 12.6 Å². The maximum absolute atomic E-state index is 14.8. The van der Waals surface area contributed by atoms with E-state index in [4.69, 9.17) is 0 Å². The van der Waals surface area contributed by atoms with Gasteiger partial charge < -0.3 is 20.6 Å². The van der Waals surface area contributed by atoms with Crippen molar-refractivity contribution in [2.45, 2.75) is 18.9 Å². The zero-order valence-electron chi connectivity index (χ0n) is 15.2. The Bertz CT molecular complexity index is 1190. The van der Waals surface area contributed by atoms with Crippen molar-refractivity contribution in [3.8, 4) is 11.4 Å². The number of nitrogens with one attached hydrogen (secondary N) is 4. The molecule has 0 saturated carbocycles. The summed E-state index contributed by atoms with van der Waals surface area (Å²) in [6.45, 7) is 1.74. The lowest BCUT2D eigenvalue weighted by Gasteiger charge is -2.26.